The van der Waals surface area contributed by atoms with Crippen LogP contribution in [0.5, 0.6) is 0 Å². The van der Waals surface area contributed by atoms with E-state index >= 15 is 0 Å². The van der Waals surface area contributed by atoms with Crippen LogP contribution in [-0.4, -0.2) is 49.8 Å². The number of nitrogens with zero attached hydrogens (tertiary/aromatic N) is 1. The number of anilines is 1. The molecule has 1 heterocycles. The summed E-state index contributed by atoms with van der Waals surface area (Å²) in [7, 11) is 1.99. The van der Waals surface area contributed by atoms with E-state index in [1.54, 1.807) is 11.8 Å². The summed E-state index contributed by atoms with van der Waals surface area (Å²) in [6.07, 6.45) is 4.37. The van der Waals surface area contributed by atoms with Crippen molar-refractivity contribution < 1.29 is 4.79 Å². The molecule has 110 valence electrons. The SMILES string of the molecule is CNC1CCCN(CC(=O)Nc2ccccc2SC)C1. The molecule has 4 nitrogen and oxygen atoms in total. The number of hydrogen-bond acceptors (Lipinski definition) is 4. The average Bonchev–Trinajstić information content (AvgIpc) is 2.48. The minimum Gasteiger partial charge on any atom is -0.324 e. The molecule has 1 aromatic carbocycles. The molecule has 1 atom stereocenters. The summed E-state index contributed by atoms with van der Waals surface area (Å²) >= 11 is 1.65. The van der Waals surface area contributed by atoms with Gasteiger partial charge >= 0.3 is 0 Å². The van der Waals surface area contributed by atoms with E-state index in [2.05, 4.69) is 15.5 Å². The molecular weight excluding hydrogens is 270 g/mol. The van der Waals surface area contributed by atoms with Crippen molar-refractivity contribution in [2.45, 2.75) is 23.8 Å². The third kappa shape index (κ3) is 4.23. The van der Waals surface area contributed by atoms with Crippen LogP contribution in [0, 0.1) is 0 Å². The standard InChI is InChI=1S/C15H23N3OS/c1-16-12-6-5-9-18(10-12)11-15(19)17-13-7-3-4-8-14(13)20-2/h3-4,7-8,12,16H,5-6,9-11H2,1-2H3,(H,17,19). The van der Waals surface area contributed by atoms with Gasteiger partial charge in [0.05, 0.1) is 12.2 Å². The molecule has 1 fully saturated rings. The number of likely N-dealkylation sites (N-methyl/N-ethyl adjacent to an activating group) is 1. The van der Waals surface area contributed by atoms with E-state index < -0.39 is 0 Å². The van der Waals surface area contributed by atoms with E-state index in [1.165, 1.54) is 6.42 Å². The lowest BCUT2D eigenvalue weighted by molar-refractivity contribution is -0.117. The quantitative estimate of drug-likeness (QED) is 0.815. The number of carbonyl (C=O) groups is 1. The van der Waals surface area contributed by atoms with Gasteiger partial charge in [-0.1, -0.05) is 12.1 Å². The summed E-state index contributed by atoms with van der Waals surface area (Å²) in [4.78, 5) is 15.5. The molecule has 20 heavy (non-hydrogen) atoms. The normalized spacial score (nSPS) is 19.8. The number of carbonyl (C=O) groups excluding carboxylic acids is 1. The third-order valence-electron chi connectivity index (χ3n) is 3.66. The number of piperidine rings is 1. The third-order valence-corrected chi connectivity index (χ3v) is 4.46. The zero-order chi connectivity index (χ0) is 14.4. The molecule has 0 bridgehead atoms. The Kier molecular flexibility index (Phi) is 5.88. The molecule has 0 aliphatic carbocycles. The first-order valence-corrected chi connectivity index (χ1v) is 8.28. The molecule has 1 aliphatic heterocycles. The Bertz CT molecular complexity index is 452. The Morgan fingerprint density at radius 1 is 1.45 bits per heavy atom. The number of nitrogens with one attached hydrogen (secondary N) is 2. The maximum Gasteiger partial charge on any atom is 0.238 e. The average molecular weight is 293 g/mol. The number of rotatable bonds is 5. The van der Waals surface area contributed by atoms with Crippen molar-refractivity contribution >= 4 is 23.4 Å². The van der Waals surface area contributed by atoms with Crippen molar-refractivity contribution in [3.63, 3.8) is 0 Å². The second-order valence-corrected chi connectivity index (χ2v) is 5.96. The van der Waals surface area contributed by atoms with Crippen molar-refractivity contribution in [3.05, 3.63) is 24.3 Å². The van der Waals surface area contributed by atoms with Crippen molar-refractivity contribution in [2.75, 3.05) is 38.3 Å². The molecule has 1 amide bonds. The van der Waals surface area contributed by atoms with Crippen LogP contribution in [0.3, 0.4) is 0 Å². The summed E-state index contributed by atoms with van der Waals surface area (Å²) in [5.41, 5.74) is 0.909. The monoisotopic (exact) mass is 293 g/mol. The van der Waals surface area contributed by atoms with Gasteiger partial charge in [-0.05, 0) is 44.8 Å². The lowest BCUT2D eigenvalue weighted by Gasteiger charge is -2.31. The number of likely N-dealkylation sites (tertiary alicyclic amines) is 1. The second-order valence-electron chi connectivity index (χ2n) is 5.11. The molecule has 0 radical (unpaired) electrons. The largest absolute Gasteiger partial charge is 0.324 e. The van der Waals surface area contributed by atoms with E-state index in [0.717, 1.165) is 30.1 Å². The molecule has 0 aromatic heterocycles. The van der Waals surface area contributed by atoms with Crippen LogP contribution in [0.2, 0.25) is 0 Å². The zero-order valence-electron chi connectivity index (χ0n) is 12.2. The molecule has 5 heteroatoms. The van der Waals surface area contributed by atoms with Crippen molar-refractivity contribution in [3.8, 4) is 0 Å². The molecule has 2 N–H and O–H groups in total. The van der Waals surface area contributed by atoms with Gasteiger partial charge in [0.2, 0.25) is 5.91 Å². The van der Waals surface area contributed by atoms with E-state index in [-0.39, 0.29) is 5.91 Å². The molecule has 2 rings (SSSR count). The van der Waals surface area contributed by atoms with E-state index in [1.807, 2.05) is 37.6 Å². The van der Waals surface area contributed by atoms with Crippen molar-refractivity contribution in [1.29, 1.82) is 0 Å². The summed E-state index contributed by atoms with van der Waals surface area (Å²) in [5.74, 6) is 0.0725. The molecule has 1 unspecified atom stereocenters. The smallest absolute Gasteiger partial charge is 0.238 e. The predicted octanol–water partition coefficient (Wildman–Crippen LogP) is 2.03. The van der Waals surface area contributed by atoms with Gasteiger partial charge in [0, 0.05) is 17.5 Å². The second kappa shape index (κ2) is 7.67. The van der Waals surface area contributed by atoms with Crippen LogP contribution in [0.4, 0.5) is 5.69 Å². The molecule has 1 saturated heterocycles. The van der Waals surface area contributed by atoms with Gasteiger partial charge in [0.15, 0.2) is 0 Å². The summed E-state index contributed by atoms with van der Waals surface area (Å²) in [6.45, 7) is 2.44. The van der Waals surface area contributed by atoms with E-state index in [0.29, 0.717) is 12.6 Å². The summed E-state index contributed by atoms with van der Waals surface area (Å²) in [5, 5.41) is 6.32. The van der Waals surface area contributed by atoms with Gasteiger partial charge in [-0.25, -0.2) is 0 Å². The minimum atomic E-state index is 0.0725. The highest BCUT2D eigenvalue weighted by atomic mass is 32.2. The molecule has 1 aromatic rings. The minimum absolute atomic E-state index is 0.0725. The first-order valence-electron chi connectivity index (χ1n) is 7.05. The van der Waals surface area contributed by atoms with Crippen molar-refractivity contribution in [2.24, 2.45) is 0 Å². The highest BCUT2D eigenvalue weighted by Gasteiger charge is 2.20. The number of amides is 1. The van der Waals surface area contributed by atoms with Gasteiger partial charge in [0.25, 0.3) is 0 Å². The zero-order valence-corrected chi connectivity index (χ0v) is 13.0. The van der Waals surface area contributed by atoms with Gasteiger partial charge in [-0.15, -0.1) is 11.8 Å². The van der Waals surface area contributed by atoms with E-state index in [4.69, 9.17) is 0 Å². The first-order chi connectivity index (χ1) is 9.72. The fraction of sp³-hybridized carbons (Fsp3) is 0.533. The maximum atomic E-state index is 12.2. The Balaban J connectivity index is 1.89. The van der Waals surface area contributed by atoms with Crippen LogP contribution in [0.1, 0.15) is 12.8 Å². The highest BCUT2D eigenvalue weighted by molar-refractivity contribution is 7.98. The highest BCUT2D eigenvalue weighted by Crippen LogP contribution is 2.24. The van der Waals surface area contributed by atoms with Crippen LogP contribution in [0.15, 0.2) is 29.2 Å². The first kappa shape index (κ1) is 15.4. The van der Waals surface area contributed by atoms with Crippen LogP contribution in [-0.2, 0) is 4.79 Å². The number of hydrogen-bond donors (Lipinski definition) is 2. The number of benzene rings is 1. The van der Waals surface area contributed by atoms with Gasteiger partial charge < -0.3 is 10.6 Å². The van der Waals surface area contributed by atoms with Gasteiger partial charge in [0.1, 0.15) is 0 Å². The van der Waals surface area contributed by atoms with Gasteiger partial charge in [-0.3, -0.25) is 9.69 Å². The number of thioether (sulfide) groups is 1. The Hall–Kier alpha value is -1.04. The maximum absolute atomic E-state index is 12.2. The topological polar surface area (TPSA) is 44.4 Å². The fourth-order valence-electron chi connectivity index (χ4n) is 2.58. The van der Waals surface area contributed by atoms with Crippen LogP contribution < -0.4 is 10.6 Å². The Morgan fingerprint density at radius 3 is 3.00 bits per heavy atom. The predicted molar refractivity (Wildman–Crippen MR) is 85.4 cm³/mol. The molecule has 0 saturated carbocycles. The summed E-state index contributed by atoms with van der Waals surface area (Å²) in [6, 6.07) is 8.43. The van der Waals surface area contributed by atoms with Crippen LogP contribution >= 0.6 is 11.8 Å². The Labute approximate surface area is 125 Å². The fourth-order valence-corrected chi connectivity index (χ4v) is 3.13. The summed E-state index contributed by atoms with van der Waals surface area (Å²) < 4.78 is 0. The lowest BCUT2D eigenvalue weighted by Crippen LogP contribution is -2.46. The Morgan fingerprint density at radius 2 is 2.25 bits per heavy atom. The van der Waals surface area contributed by atoms with E-state index in [9.17, 15) is 4.79 Å². The lowest BCUT2D eigenvalue weighted by atomic mass is 10.1. The van der Waals surface area contributed by atoms with Crippen molar-refractivity contribution in [1.82, 2.24) is 10.2 Å². The van der Waals surface area contributed by atoms with Crippen LogP contribution in [0.25, 0.3) is 0 Å². The van der Waals surface area contributed by atoms with Gasteiger partial charge in [-0.2, -0.15) is 0 Å². The number of para-hydroxylation sites is 1. The molecule has 0 spiro atoms. The molecule has 1 aliphatic rings. The molecular formula is C15H23N3OS.